The van der Waals surface area contributed by atoms with E-state index >= 15 is 0 Å². The van der Waals surface area contributed by atoms with Gasteiger partial charge in [-0.25, -0.2) is 0 Å². The number of aryl methyl sites for hydroxylation is 1. The fraction of sp³-hybridized carbons (Fsp3) is 0.316. The van der Waals surface area contributed by atoms with Gasteiger partial charge < -0.3 is 4.74 Å². The van der Waals surface area contributed by atoms with E-state index in [0.717, 1.165) is 41.6 Å². The van der Waals surface area contributed by atoms with Crippen LogP contribution < -0.4 is 10.1 Å². The van der Waals surface area contributed by atoms with Gasteiger partial charge in [0.1, 0.15) is 13.6 Å². The summed E-state index contributed by atoms with van der Waals surface area (Å²) in [6.45, 7) is 2.67. The number of thioether (sulfide) groups is 1. The molecule has 1 fully saturated rings. The van der Waals surface area contributed by atoms with Gasteiger partial charge in [0, 0.05) is 18.3 Å². The average Bonchev–Trinajstić information content (AvgIpc) is 2.88. The molecule has 1 aromatic heterocycles. The van der Waals surface area contributed by atoms with E-state index in [0.29, 0.717) is 13.0 Å². The summed E-state index contributed by atoms with van der Waals surface area (Å²) < 4.78 is 5.04. The van der Waals surface area contributed by atoms with Crippen LogP contribution in [-0.4, -0.2) is 35.2 Å². The molecule has 26 heavy (non-hydrogen) atoms. The zero-order valence-corrected chi connectivity index (χ0v) is 15.8. The Morgan fingerprint density at radius 2 is 1.88 bits per heavy atom. The van der Waals surface area contributed by atoms with Crippen LogP contribution in [0, 0.1) is 0 Å². The summed E-state index contributed by atoms with van der Waals surface area (Å²) in [7, 11) is 1.79. The van der Waals surface area contributed by atoms with E-state index in [-0.39, 0.29) is 11.1 Å². The second-order valence-electron chi connectivity index (χ2n) is 6.51. The lowest BCUT2D eigenvalue weighted by Crippen LogP contribution is -2.38. The van der Waals surface area contributed by atoms with E-state index in [4.69, 9.17) is 4.74 Å². The second-order valence-corrected chi connectivity index (χ2v) is 7.98. The molecule has 5 nitrogen and oxygen atoms in total. The highest BCUT2D eigenvalue weighted by atomic mass is 32.2. The number of carbonyl (C=O) groups is 2. The number of nitrogens with one attached hydrogen (secondary N) is 1. The normalized spacial score (nSPS) is 19.4. The van der Waals surface area contributed by atoms with E-state index in [2.05, 4.69) is 23.3 Å². The maximum Gasteiger partial charge on any atom is 0.285 e. The minimum absolute atomic E-state index is 0.227. The molecule has 1 atom stereocenters. The Morgan fingerprint density at radius 3 is 2.46 bits per heavy atom. The van der Waals surface area contributed by atoms with E-state index in [9.17, 15) is 9.59 Å². The van der Waals surface area contributed by atoms with Crippen LogP contribution in [0.5, 0.6) is 5.75 Å². The van der Waals surface area contributed by atoms with Crippen molar-refractivity contribution < 1.29 is 14.3 Å². The minimum Gasteiger partial charge on any atom is -0.493 e. The first-order valence-corrected chi connectivity index (χ1v) is 9.50. The highest BCUT2D eigenvalue weighted by Crippen LogP contribution is 2.32. The molecule has 0 saturated carbocycles. The number of aromatic nitrogens is 1. The lowest BCUT2D eigenvalue weighted by molar-refractivity contribution is -0.119. The third kappa shape index (κ3) is 4.46. The highest BCUT2D eigenvalue weighted by Gasteiger charge is 2.43. The number of hydrogen-bond acceptors (Lipinski definition) is 5. The Morgan fingerprint density at radius 1 is 1.15 bits per heavy atom. The third-order valence-corrected chi connectivity index (χ3v) is 5.47. The van der Waals surface area contributed by atoms with Gasteiger partial charge in [0.25, 0.3) is 5.24 Å². The molecule has 3 rings (SSSR count). The largest absolute Gasteiger partial charge is 0.493 e. The van der Waals surface area contributed by atoms with Gasteiger partial charge in [-0.1, -0.05) is 36.9 Å². The van der Waals surface area contributed by atoms with Crippen molar-refractivity contribution in [2.24, 2.45) is 0 Å². The number of rotatable bonds is 7. The summed E-state index contributed by atoms with van der Waals surface area (Å²) >= 11 is 1.05. The van der Waals surface area contributed by atoms with Crippen molar-refractivity contribution in [3.63, 3.8) is 0 Å². The summed E-state index contributed by atoms with van der Waals surface area (Å²) in [5, 5.41) is 2.06. The summed E-state index contributed by atoms with van der Waals surface area (Å²) in [5.74, 6) is 0.554. The van der Waals surface area contributed by atoms with Gasteiger partial charge >= 0.3 is 0 Å². The predicted molar refractivity (Wildman–Crippen MR) is 105 cm³/mol. The number of carbonyl (C=O) groups excluding carboxylic acids is 2. The maximum atomic E-state index is 11.9. The summed E-state index contributed by atoms with van der Waals surface area (Å²) in [6.07, 6.45) is 4.15. The van der Waals surface area contributed by atoms with Crippen LogP contribution in [0.15, 0.2) is 42.6 Å². The molecule has 0 spiro atoms. The fourth-order valence-corrected chi connectivity index (χ4v) is 3.73. The van der Waals surface area contributed by atoms with Gasteiger partial charge in [-0.3, -0.25) is 19.9 Å². The van der Waals surface area contributed by atoms with Gasteiger partial charge in [-0.05, 0) is 42.2 Å². The van der Waals surface area contributed by atoms with E-state index in [1.165, 1.54) is 5.56 Å². The van der Waals surface area contributed by atoms with Crippen LogP contribution in [0.1, 0.15) is 23.7 Å². The Labute approximate surface area is 158 Å². The van der Waals surface area contributed by atoms with E-state index < -0.39 is 4.65 Å². The zero-order chi connectivity index (χ0) is 18.6. The lowest BCUT2D eigenvalue weighted by Gasteiger charge is -2.18. The first-order valence-electron chi connectivity index (χ1n) is 8.68. The molecule has 1 saturated heterocycles. The van der Waals surface area contributed by atoms with Gasteiger partial charge in [0.2, 0.25) is 5.91 Å². The molecule has 0 bridgehead atoms. The topological polar surface area (TPSA) is 68.3 Å². The van der Waals surface area contributed by atoms with Crippen molar-refractivity contribution in [1.82, 2.24) is 10.3 Å². The molecule has 1 aliphatic heterocycles. The van der Waals surface area contributed by atoms with Gasteiger partial charge in [-0.2, -0.15) is 0 Å². The standard InChI is InChI=1S/C19H21BN2O3S/c1-2-13-3-6-15(21-12-13)9-10-25-16-7-4-14(5-8-16)11-19(20)17(23)22-18(24)26-19/h3-8,12H,2,9-11,20H2,1H3,(H,22,23,24). The summed E-state index contributed by atoms with van der Waals surface area (Å²) in [5.41, 5.74) is 3.24. The van der Waals surface area contributed by atoms with Crippen molar-refractivity contribution in [3.8, 4) is 5.75 Å². The number of hydrogen-bond donors (Lipinski definition) is 1. The molecule has 1 unspecified atom stereocenters. The molecule has 1 aliphatic rings. The molecule has 134 valence electrons. The number of pyridine rings is 1. The minimum atomic E-state index is -0.740. The Kier molecular flexibility index (Phi) is 5.66. The van der Waals surface area contributed by atoms with Gasteiger partial charge in [-0.15, -0.1) is 0 Å². The molecular weight excluding hydrogens is 347 g/mol. The molecule has 1 aromatic carbocycles. The summed E-state index contributed by atoms with van der Waals surface area (Å²) in [4.78, 5) is 27.7. The smallest absolute Gasteiger partial charge is 0.285 e. The quantitative estimate of drug-likeness (QED) is 0.759. The number of benzene rings is 1. The molecule has 0 radical (unpaired) electrons. The second kappa shape index (κ2) is 7.95. The van der Waals surface area contributed by atoms with Crippen LogP contribution in [0.3, 0.4) is 0 Å². The number of ether oxygens (including phenoxy) is 1. The van der Waals surface area contributed by atoms with Crippen LogP contribution >= 0.6 is 11.8 Å². The van der Waals surface area contributed by atoms with Crippen LogP contribution in [0.2, 0.25) is 0 Å². The van der Waals surface area contributed by atoms with Crippen molar-refractivity contribution in [2.45, 2.75) is 30.8 Å². The third-order valence-electron chi connectivity index (χ3n) is 4.40. The zero-order valence-electron chi connectivity index (χ0n) is 15.0. The first kappa shape index (κ1) is 18.5. The first-order chi connectivity index (χ1) is 12.5. The highest BCUT2D eigenvalue weighted by molar-refractivity contribution is 8.17. The Bertz CT molecular complexity index is 795. The van der Waals surface area contributed by atoms with Crippen LogP contribution in [-0.2, 0) is 24.1 Å². The molecule has 2 amide bonds. The van der Waals surface area contributed by atoms with Crippen molar-refractivity contribution >= 4 is 30.8 Å². The molecule has 2 heterocycles. The number of imide groups is 1. The molecule has 2 aromatic rings. The van der Waals surface area contributed by atoms with Crippen molar-refractivity contribution in [3.05, 3.63) is 59.4 Å². The number of amides is 2. The van der Waals surface area contributed by atoms with Crippen molar-refractivity contribution in [2.75, 3.05) is 6.61 Å². The number of nitrogens with zero attached hydrogens (tertiary/aromatic N) is 1. The maximum absolute atomic E-state index is 11.9. The Balaban J connectivity index is 1.51. The molecule has 0 aliphatic carbocycles. The molecule has 7 heteroatoms. The predicted octanol–water partition coefficient (Wildman–Crippen LogP) is 2.12. The lowest BCUT2D eigenvalue weighted by atomic mass is 9.80. The Hall–Kier alpha value is -2.28. The van der Waals surface area contributed by atoms with Crippen LogP contribution in [0.4, 0.5) is 4.79 Å². The van der Waals surface area contributed by atoms with Crippen molar-refractivity contribution in [1.29, 1.82) is 0 Å². The monoisotopic (exact) mass is 368 g/mol. The van der Waals surface area contributed by atoms with Gasteiger partial charge in [0.15, 0.2) is 0 Å². The average molecular weight is 368 g/mol. The van der Waals surface area contributed by atoms with Crippen LogP contribution in [0.25, 0.3) is 0 Å². The van der Waals surface area contributed by atoms with E-state index in [1.54, 1.807) is 7.85 Å². The fourth-order valence-electron chi connectivity index (χ4n) is 2.80. The summed E-state index contributed by atoms with van der Waals surface area (Å²) in [6, 6.07) is 11.8. The molecule has 1 N–H and O–H groups in total. The molecular formula is C19H21BN2O3S. The van der Waals surface area contributed by atoms with E-state index in [1.807, 2.05) is 36.5 Å². The SMILES string of the molecule is BC1(Cc2ccc(OCCc3ccc(CC)cn3)cc2)SC(=O)NC1=O. The van der Waals surface area contributed by atoms with Gasteiger partial charge in [0.05, 0.1) is 11.3 Å².